The Kier molecular flexibility index (Phi) is 6.30. The standard InChI is InChI=1S/C17H22FNOS.ClH/c18-15-4-2-1-3-14(15)16(17(20)13-5-6-13)19-9-7-12(11-21)8-10-19;/h1-4,12-13,16,21H,5-11H2;1H. The minimum atomic E-state index is -0.389. The second-order valence-electron chi connectivity index (χ2n) is 6.26. The van der Waals surface area contributed by atoms with Crippen LogP contribution in [0.4, 0.5) is 4.39 Å². The van der Waals surface area contributed by atoms with Crippen molar-refractivity contribution in [1.82, 2.24) is 4.90 Å². The fourth-order valence-electron chi connectivity index (χ4n) is 3.21. The van der Waals surface area contributed by atoms with E-state index in [0.717, 1.165) is 44.5 Å². The highest BCUT2D eigenvalue weighted by Gasteiger charge is 2.40. The van der Waals surface area contributed by atoms with E-state index in [1.807, 2.05) is 6.07 Å². The highest BCUT2D eigenvalue weighted by Crippen LogP contribution is 2.39. The van der Waals surface area contributed by atoms with Gasteiger partial charge in [-0.25, -0.2) is 4.39 Å². The fraction of sp³-hybridized carbons (Fsp3) is 0.588. The number of nitrogens with zero attached hydrogens (tertiary/aromatic N) is 1. The maximum Gasteiger partial charge on any atom is 0.157 e. The van der Waals surface area contributed by atoms with E-state index in [2.05, 4.69) is 17.5 Å². The molecular formula is C17H23ClFNOS. The maximum atomic E-state index is 14.2. The van der Waals surface area contributed by atoms with E-state index in [1.165, 1.54) is 6.07 Å². The van der Waals surface area contributed by atoms with Crippen LogP contribution in [0.1, 0.15) is 37.3 Å². The molecule has 0 amide bonds. The number of carbonyl (C=O) groups is 1. The fourth-order valence-corrected chi connectivity index (χ4v) is 3.58. The molecule has 1 aromatic rings. The van der Waals surface area contributed by atoms with Crippen molar-refractivity contribution in [2.24, 2.45) is 11.8 Å². The molecule has 1 saturated heterocycles. The smallest absolute Gasteiger partial charge is 0.157 e. The van der Waals surface area contributed by atoms with Gasteiger partial charge >= 0.3 is 0 Å². The number of carbonyl (C=O) groups excluding carboxylic acids is 1. The molecule has 3 rings (SSSR count). The Labute approximate surface area is 143 Å². The zero-order valence-corrected chi connectivity index (χ0v) is 14.3. The highest BCUT2D eigenvalue weighted by molar-refractivity contribution is 7.80. The van der Waals surface area contributed by atoms with Crippen molar-refractivity contribution in [2.45, 2.75) is 31.7 Å². The van der Waals surface area contributed by atoms with E-state index in [4.69, 9.17) is 0 Å². The van der Waals surface area contributed by atoms with Gasteiger partial charge in [-0.05, 0) is 56.5 Å². The first-order valence-electron chi connectivity index (χ1n) is 7.83. The molecule has 122 valence electrons. The number of hydrogen-bond acceptors (Lipinski definition) is 3. The summed E-state index contributed by atoms with van der Waals surface area (Å²) in [7, 11) is 0. The second kappa shape index (κ2) is 7.80. The largest absolute Gasteiger partial charge is 0.297 e. The van der Waals surface area contributed by atoms with Crippen LogP contribution in [0.3, 0.4) is 0 Å². The third-order valence-electron chi connectivity index (χ3n) is 4.72. The van der Waals surface area contributed by atoms with Crippen molar-refractivity contribution < 1.29 is 9.18 Å². The molecule has 0 bridgehead atoms. The third-order valence-corrected chi connectivity index (χ3v) is 5.24. The first kappa shape index (κ1) is 17.8. The van der Waals surface area contributed by atoms with E-state index < -0.39 is 0 Å². The van der Waals surface area contributed by atoms with E-state index in [0.29, 0.717) is 11.5 Å². The zero-order valence-electron chi connectivity index (χ0n) is 12.6. The van der Waals surface area contributed by atoms with Crippen molar-refractivity contribution in [3.63, 3.8) is 0 Å². The number of likely N-dealkylation sites (tertiary alicyclic amines) is 1. The molecule has 2 fully saturated rings. The number of piperidine rings is 1. The van der Waals surface area contributed by atoms with E-state index in [1.54, 1.807) is 12.1 Å². The molecular weight excluding hydrogens is 321 g/mol. The van der Waals surface area contributed by atoms with Crippen LogP contribution >= 0.6 is 25.0 Å². The van der Waals surface area contributed by atoms with Gasteiger partial charge in [0.1, 0.15) is 5.82 Å². The molecule has 0 aromatic heterocycles. The average molecular weight is 344 g/mol. The van der Waals surface area contributed by atoms with E-state index >= 15 is 0 Å². The van der Waals surface area contributed by atoms with Crippen LogP contribution in [0.5, 0.6) is 0 Å². The molecule has 2 nitrogen and oxygen atoms in total. The third kappa shape index (κ3) is 3.84. The molecule has 2 aliphatic rings. The van der Waals surface area contributed by atoms with Crippen molar-refractivity contribution in [2.75, 3.05) is 18.8 Å². The van der Waals surface area contributed by atoms with Crippen molar-refractivity contribution in [3.05, 3.63) is 35.6 Å². The predicted octanol–water partition coefficient (Wildman–Crippen LogP) is 3.91. The summed E-state index contributed by atoms with van der Waals surface area (Å²) in [5.74, 6) is 1.63. The minimum Gasteiger partial charge on any atom is -0.297 e. The lowest BCUT2D eigenvalue weighted by Gasteiger charge is -2.37. The van der Waals surface area contributed by atoms with Gasteiger partial charge in [0.15, 0.2) is 5.78 Å². The van der Waals surface area contributed by atoms with E-state index in [-0.39, 0.29) is 36.0 Å². The van der Waals surface area contributed by atoms with Crippen LogP contribution in [0.15, 0.2) is 24.3 Å². The van der Waals surface area contributed by atoms with Gasteiger partial charge in [-0.15, -0.1) is 12.4 Å². The molecule has 22 heavy (non-hydrogen) atoms. The molecule has 1 aliphatic carbocycles. The van der Waals surface area contributed by atoms with Crippen LogP contribution in [0.2, 0.25) is 0 Å². The Balaban J connectivity index is 0.00000176. The molecule has 1 aromatic carbocycles. The molecule has 1 heterocycles. The SMILES string of the molecule is Cl.O=C(C1CC1)C(c1ccccc1F)N1CCC(CS)CC1. The molecule has 0 spiro atoms. The number of halogens is 2. The number of rotatable bonds is 5. The number of benzene rings is 1. The number of hydrogen-bond donors (Lipinski definition) is 1. The number of thiol groups is 1. The van der Waals surface area contributed by atoms with Crippen LogP contribution in [-0.2, 0) is 4.79 Å². The molecule has 5 heteroatoms. The van der Waals surface area contributed by atoms with Gasteiger partial charge in [0, 0.05) is 11.5 Å². The number of Topliss-reactive ketones (excluding diaryl/α,β-unsaturated/α-hetero) is 1. The monoisotopic (exact) mass is 343 g/mol. The topological polar surface area (TPSA) is 20.3 Å². The Morgan fingerprint density at radius 3 is 2.41 bits per heavy atom. The summed E-state index contributed by atoms with van der Waals surface area (Å²) < 4.78 is 14.2. The van der Waals surface area contributed by atoms with Gasteiger partial charge in [0.05, 0.1) is 6.04 Å². The van der Waals surface area contributed by atoms with Crippen molar-refractivity contribution in [1.29, 1.82) is 0 Å². The first-order chi connectivity index (χ1) is 10.2. The lowest BCUT2D eigenvalue weighted by atomic mass is 9.92. The summed E-state index contributed by atoms with van der Waals surface area (Å²) in [4.78, 5) is 14.9. The van der Waals surface area contributed by atoms with Gasteiger partial charge in [0.25, 0.3) is 0 Å². The molecule has 1 atom stereocenters. The Morgan fingerprint density at radius 2 is 1.86 bits per heavy atom. The van der Waals surface area contributed by atoms with Gasteiger partial charge < -0.3 is 0 Å². The van der Waals surface area contributed by atoms with Gasteiger partial charge in [-0.1, -0.05) is 18.2 Å². The van der Waals surface area contributed by atoms with Crippen molar-refractivity contribution in [3.8, 4) is 0 Å². The summed E-state index contributed by atoms with van der Waals surface area (Å²) in [6.45, 7) is 1.73. The van der Waals surface area contributed by atoms with Crippen molar-refractivity contribution >= 4 is 30.8 Å². The molecule has 1 saturated carbocycles. The maximum absolute atomic E-state index is 14.2. The van der Waals surface area contributed by atoms with Gasteiger partial charge in [-0.2, -0.15) is 12.6 Å². The molecule has 0 N–H and O–H groups in total. The Hall–Kier alpha value is -0.580. The quantitative estimate of drug-likeness (QED) is 0.818. The first-order valence-corrected chi connectivity index (χ1v) is 8.47. The molecule has 1 unspecified atom stereocenters. The normalized spacial score (nSPS) is 21.2. The number of ketones is 1. The summed E-state index contributed by atoms with van der Waals surface area (Å²) in [6, 6.07) is 6.35. The molecule has 0 radical (unpaired) electrons. The lowest BCUT2D eigenvalue weighted by Crippen LogP contribution is -2.41. The highest BCUT2D eigenvalue weighted by atomic mass is 35.5. The minimum absolute atomic E-state index is 0. The summed E-state index contributed by atoms with van der Waals surface area (Å²) in [5, 5.41) is 0. The Morgan fingerprint density at radius 1 is 1.23 bits per heavy atom. The molecule has 1 aliphatic heterocycles. The average Bonchev–Trinajstić information content (AvgIpc) is 3.35. The van der Waals surface area contributed by atoms with Crippen LogP contribution in [0.25, 0.3) is 0 Å². The van der Waals surface area contributed by atoms with Crippen LogP contribution in [-0.4, -0.2) is 29.5 Å². The summed E-state index contributed by atoms with van der Waals surface area (Å²) >= 11 is 4.37. The summed E-state index contributed by atoms with van der Waals surface area (Å²) in [6.07, 6.45) is 4.03. The predicted molar refractivity (Wildman–Crippen MR) is 92.3 cm³/mol. The van der Waals surface area contributed by atoms with E-state index in [9.17, 15) is 9.18 Å². The van der Waals surface area contributed by atoms with Gasteiger partial charge in [0.2, 0.25) is 0 Å². The zero-order chi connectivity index (χ0) is 14.8. The van der Waals surface area contributed by atoms with Crippen LogP contribution < -0.4 is 0 Å². The summed E-state index contributed by atoms with van der Waals surface area (Å²) in [5.41, 5.74) is 0.554. The Bertz CT molecular complexity index is 515. The lowest BCUT2D eigenvalue weighted by molar-refractivity contribution is -0.126. The van der Waals surface area contributed by atoms with Crippen LogP contribution in [0, 0.1) is 17.7 Å². The second-order valence-corrected chi connectivity index (χ2v) is 6.63. The van der Waals surface area contributed by atoms with Gasteiger partial charge in [-0.3, -0.25) is 9.69 Å².